The summed E-state index contributed by atoms with van der Waals surface area (Å²) in [5.41, 5.74) is 8.10. The second kappa shape index (κ2) is 3.54. The molecule has 5 nitrogen and oxygen atoms in total. The smallest absolute Gasteiger partial charge is 0.0621 e. The minimum Gasteiger partial charge on any atom is -0.392 e. The fourth-order valence-corrected chi connectivity index (χ4v) is 2.37. The van der Waals surface area contributed by atoms with E-state index in [0.717, 1.165) is 19.6 Å². The highest BCUT2D eigenvalue weighted by molar-refractivity contribution is 4.97. The molecular formula is C8H14N4O. The number of aliphatic hydroxyl groups is 1. The molecule has 13 heavy (non-hydrogen) atoms. The quantitative estimate of drug-likeness (QED) is 0.394. The van der Waals surface area contributed by atoms with Gasteiger partial charge in [-0.3, -0.25) is 0 Å². The van der Waals surface area contributed by atoms with E-state index in [0.29, 0.717) is 18.4 Å². The number of piperidine rings is 2. The Morgan fingerprint density at radius 1 is 1.46 bits per heavy atom. The average molecular weight is 182 g/mol. The average Bonchev–Trinajstić information content (AvgIpc) is 2.18. The molecule has 0 aromatic carbocycles. The Bertz CT molecular complexity index is 226. The highest BCUT2D eigenvalue weighted by Gasteiger charge is 2.45. The maximum absolute atomic E-state index is 9.51. The van der Waals surface area contributed by atoms with Crippen molar-refractivity contribution in [3.05, 3.63) is 10.4 Å². The molecule has 72 valence electrons. The van der Waals surface area contributed by atoms with Crippen LogP contribution in [0.1, 0.15) is 6.42 Å². The van der Waals surface area contributed by atoms with E-state index in [1.807, 2.05) is 0 Å². The Morgan fingerprint density at radius 2 is 2.15 bits per heavy atom. The van der Waals surface area contributed by atoms with E-state index in [4.69, 9.17) is 5.53 Å². The maximum Gasteiger partial charge on any atom is 0.0621 e. The third kappa shape index (κ3) is 1.63. The van der Waals surface area contributed by atoms with Crippen molar-refractivity contribution in [2.24, 2.45) is 17.0 Å². The highest BCUT2D eigenvalue weighted by Crippen LogP contribution is 2.39. The van der Waals surface area contributed by atoms with Gasteiger partial charge in [-0.05, 0) is 23.8 Å². The first kappa shape index (κ1) is 8.81. The van der Waals surface area contributed by atoms with Gasteiger partial charge in [-0.1, -0.05) is 5.11 Å². The molecule has 1 unspecified atom stereocenters. The molecule has 0 amide bonds. The van der Waals surface area contributed by atoms with Crippen LogP contribution in [0.25, 0.3) is 10.4 Å². The van der Waals surface area contributed by atoms with E-state index < -0.39 is 0 Å². The van der Waals surface area contributed by atoms with Gasteiger partial charge in [0.1, 0.15) is 0 Å². The van der Waals surface area contributed by atoms with Crippen molar-refractivity contribution in [2.45, 2.75) is 12.5 Å². The summed E-state index contributed by atoms with van der Waals surface area (Å²) in [5.74, 6) is 0.953. The Hall–Kier alpha value is -0.770. The van der Waals surface area contributed by atoms with Crippen molar-refractivity contribution >= 4 is 0 Å². The lowest BCUT2D eigenvalue weighted by molar-refractivity contribution is -0.106. The molecule has 1 saturated carbocycles. The van der Waals surface area contributed by atoms with Gasteiger partial charge in [-0.15, -0.1) is 0 Å². The highest BCUT2D eigenvalue weighted by atomic mass is 16.3. The maximum atomic E-state index is 9.51. The summed E-state index contributed by atoms with van der Waals surface area (Å²) in [4.78, 5) is 4.99. The van der Waals surface area contributed by atoms with Gasteiger partial charge < -0.3 is 10.0 Å². The zero-order valence-corrected chi connectivity index (χ0v) is 7.50. The molecule has 2 saturated heterocycles. The Labute approximate surface area is 77.0 Å². The number of aliphatic hydroxyl groups excluding tert-OH is 1. The first-order valence-corrected chi connectivity index (χ1v) is 4.72. The molecule has 2 heterocycles. The molecule has 1 aliphatic carbocycles. The van der Waals surface area contributed by atoms with Gasteiger partial charge >= 0.3 is 0 Å². The van der Waals surface area contributed by atoms with Crippen molar-refractivity contribution in [1.29, 1.82) is 0 Å². The number of fused-ring (bicyclic) bond motifs is 2. The lowest BCUT2D eigenvalue weighted by Gasteiger charge is -2.51. The van der Waals surface area contributed by atoms with Gasteiger partial charge in [0, 0.05) is 31.1 Å². The zero-order chi connectivity index (χ0) is 9.26. The van der Waals surface area contributed by atoms with E-state index in [1.54, 1.807) is 0 Å². The Kier molecular flexibility index (Phi) is 2.40. The molecule has 3 atom stereocenters. The molecule has 0 radical (unpaired) electrons. The van der Waals surface area contributed by atoms with Gasteiger partial charge in [0.2, 0.25) is 0 Å². The number of rotatable bonds is 3. The third-order valence-corrected chi connectivity index (χ3v) is 3.14. The molecule has 2 bridgehead atoms. The van der Waals surface area contributed by atoms with Crippen LogP contribution in [-0.4, -0.2) is 42.3 Å². The summed E-state index contributed by atoms with van der Waals surface area (Å²) < 4.78 is 0. The largest absolute Gasteiger partial charge is 0.392 e. The molecule has 5 heteroatoms. The third-order valence-electron chi connectivity index (χ3n) is 3.14. The van der Waals surface area contributed by atoms with Crippen LogP contribution < -0.4 is 0 Å². The summed E-state index contributed by atoms with van der Waals surface area (Å²) in [5, 5.41) is 13.0. The molecule has 3 aliphatic rings. The fraction of sp³-hybridized carbons (Fsp3) is 1.00. The number of azide groups is 1. The summed E-state index contributed by atoms with van der Waals surface area (Å²) in [6.45, 7) is 3.33. The van der Waals surface area contributed by atoms with Crippen molar-refractivity contribution < 1.29 is 5.11 Å². The predicted octanol–water partition coefficient (Wildman–Crippen LogP) is 0.609. The zero-order valence-electron chi connectivity index (χ0n) is 7.50. The van der Waals surface area contributed by atoms with Crippen LogP contribution in [-0.2, 0) is 0 Å². The first-order chi connectivity index (χ1) is 6.31. The molecule has 1 N–H and O–H groups in total. The van der Waals surface area contributed by atoms with E-state index in [9.17, 15) is 5.11 Å². The number of hydrogen-bond acceptors (Lipinski definition) is 3. The summed E-state index contributed by atoms with van der Waals surface area (Å²) in [6, 6.07) is 0. The Morgan fingerprint density at radius 3 is 2.69 bits per heavy atom. The van der Waals surface area contributed by atoms with E-state index in [2.05, 4.69) is 14.9 Å². The predicted molar refractivity (Wildman–Crippen MR) is 48.1 cm³/mol. The van der Waals surface area contributed by atoms with Crippen LogP contribution in [0.15, 0.2) is 5.11 Å². The van der Waals surface area contributed by atoms with Crippen molar-refractivity contribution in [2.75, 3.05) is 26.2 Å². The van der Waals surface area contributed by atoms with Crippen LogP contribution in [0, 0.1) is 11.8 Å². The lowest BCUT2D eigenvalue weighted by Crippen LogP contribution is -2.58. The SMILES string of the molecule is [N-]=[N+]=NCCN1C[C@H]2C[C@@H](C1)C2O. The van der Waals surface area contributed by atoms with E-state index in [1.165, 1.54) is 6.42 Å². The minimum atomic E-state index is -0.0595. The molecule has 0 spiro atoms. The fourth-order valence-electron chi connectivity index (χ4n) is 2.37. The van der Waals surface area contributed by atoms with Gasteiger partial charge in [0.05, 0.1) is 6.10 Å². The molecule has 0 aromatic rings. The Balaban J connectivity index is 1.75. The first-order valence-electron chi connectivity index (χ1n) is 4.72. The molecular weight excluding hydrogens is 168 g/mol. The summed E-state index contributed by atoms with van der Waals surface area (Å²) >= 11 is 0. The van der Waals surface area contributed by atoms with E-state index >= 15 is 0 Å². The number of hydrogen-bond donors (Lipinski definition) is 1. The van der Waals surface area contributed by atoms with Crippen LogP contribution in [0.2, 0.25) is 0 Å². The normalized spacial score (nSPS) is 37.8. The standard InChI is InChI=1S/C8H14N4O/c9-11-10-1-2-12-4-6-3-7(5-12)8(6)13/h6-8,13H,1-5H2/t6-,7+,8?. The monoisotopic (exact) mass is 182 g/mol. The van der Waals surface area contributed by atoms with Crippen LogP contribution in [0.3, 0.4) is 0 Å². The van der Waals surface area contributed by atoms with Crippen molar-refractivity contribution in [1.82, 2.24) is 4.90 Å². The molecule has 3 fully saturated rings. The van der Waals surface area contributed by atoms with Crippen LogP contribution in [0.5, 0.6) is 0 Å². The second-order valence-electron chi connectivity index (χ2n) is 3.96. The van der Waals surface area contributed by atoms with Gasteiger partial charge in [-0.2, -0.15) is 0 Å². The summed E-state index contributed by atoms with van der Waals surface area (Å²) in [7, 11) is 0. The van der Waals surface area contributed by atoms with Gasteiger partial charge in [-0.25, -0.2) is 0 Å². The lowest BCUT2D eigenvalue weighted by atomic mass is 9.68. The van der Waals surface area contributed by atoms with E-state index in [-0.39, 0.29) is 6.10 Å². The van der Waals surface area contributed by atoms with Crippen LogP contribution in [0.4, 0.5) is 0 Å². The summed E-state index contributed by atoms with van der Waals surface area (Å²) in [6.07, 6.45) is 1.12. The minimum absolute atomic E-state index is 0.0595. The van der Waals surface area contributed by atoms with Crippen molar-refractivity contribution in [3.8, 4) is 0 Å². The van der Waals surface area contributed by atoms with Crippen molar-refractivity contribution in [3.63, 3.8) is 0 Å². The topological polar surface area (TPSA) is 72.2 Å². The number of nitrogens with zero attached hydrogens (tertiary/aromatic N) is 4. The second-order valence-corrected chi connectivity index (χ2v) is 3.96. The van der Waals surface area contributed by atoms with Crippen LogP contribution >= 0.6 is 0 Å². The molecule has 0 aromatic heterocycles. The van der Waals surface area contributed by atoms with Gasteiger partial charge in [0.15, 0.2) is 0 Å². The molecule has 2 aliphatic heterocycles. The van der Waals surface area contributed by atoms with Gasteiger partial charge in [0.25, 0.3) is 0 Å². The molecule has 3 rings (SSSR count).